The predicted molar refractivity (Wildman–Crippen MR) is 46.3 cm³/mol. The molecule has 0 radical (unpaired) electrons. The molecule has 10 heteroatoms. The summed E-state index contributed by atoms with van der Waals surface area (Å²) in [6.45, 7) is -1.86. The minimum Gasteiger partial charge on any atom is -0.471 e. The van der Waals surface area contributed by atoms with Crippen LogP contribution in [0.3, 0.4) is 0 Å². The van der Waals surface area contributed by atoms with E-state index in [1.807, 2.05) is 5.43 Å². The Labute approximate surface area is 91.8 Å². The highest BCUT2D eigenvalue weighted by Crippen LogP contribution is 2.35. The highest BCUT2D eigenvalue weighted by Gasteiger charge is 2.58. The van der Waals surface area contributed by atoms with Crippen molar-refractivity contribution in [2.75, 3.05) is 12.0 Å². The van der Waals surface area contributed by atoms with Crippen molar-refractivity contribution in [2.45, 2.75) is 12.1 Å². The van der Waals surface area contributed by atoms with Gasteiger partial charge in [0.25, 0.3) is 0 Å². The van der Waals surface area contributed by atoms with Gasteiger partial charge in [0, 0.05) is 12.3 Å². The van der Waals surface area contributed by atoms with E-state index in [0.717, 1.165) is 12.3 Å². The zero-order valence-electron chi connectivity index (χ0n) is 8.13. The summed E-state index contributed by atoms with van der Waals surface area (Å²) >= 11 is 0. The molecule has 0 fully saturated rings. The van der Waals surface area contributed by atoms with Gasteiger partial charge in [-0.25, -0.2) is 10.8 Å². The van der Waals surface area contributed by atoms with Crippen LogP contribution in [0, 0.1) is 0 Å². The van der Waals surface area contributed by atoms with Crippen LogP contribution >= 0.6 is 0 Å². The molecule has 0 saturated carbocycles. The normalized spacial score (nSPS) is 12.4. The molecule has 0 saturated heterocycles. The quantitative estimate of drug-likeness (QED) is 0.484. The number of nitrogens with one attached hydrogen (secondary N) is 1. The molecular weight excluding hydrogens is 251 g/mol. The molecule has 0 aromatic carbocycles. The average molecular weight is 258 g/mol. The number of alkyl halides is 5. The first-order valence-corrected chi connectivity index (χ1v) is 4.13. The molecule has 1 aromatic rings. The van der Waals surface area contributed by atoms with E-state index in [1.165, 1.54) is 0 Å². The number of nitrogens with two attached hydrogens (primary N) is 1. The number of rotatable bonds is 4. The lowest BCUT2D eigenvalue weighted by molar-refractivity contribution is -0.290. The van der Waals surface area contributed by atoms with Crippen LogP contribution in [0.4, 0.5) is 27.9 Å². The highest BCUT2D eigenvalue weighted by atomic mass is 19.4. The van der Waals surface area contributed by atoms with E-state index < -0.39 is 24.6 Å². The third-order valence-electron chi connectivity index (χ3n) is 1.58. The summed E-state index contributed by atoms with van der Waals surface area (Å²) in [5.74, 6) is -0.655. The Morgan fingerprint density at radius 1 is 1.29 bits per heavy atom. The lowest BCUT2D eigenvalue weighted by Gasteiger charge is -2.19. The number of aromatic nitrogens is 2. The van der Waals surface area contributed by atoms with Crippen LogP contribution in [0.2, 0.25) is 0 Å². The van der Waals surface area contributed by atoms with Gasteiger partial charge in [-0.2, -0.15) is 26.9 Å². The third kappa shape index (κ3) is 3.37. The molecule has 1 aromatic heterocycles. The molecule has 0 aliphatic heterocycles. The molecule has 17 heavy (non-hydrogen) atoms. The Hall–Kier alpha value is -1.71. The van der Waals surface area contributed by atoms with E-state index in [9.17, 15) is 22.0 Å². The molecule has 0 bridgehead atoms. The maximum atomic E-state index is 12.5. The number of nitrogen functional groups attached to an aromatic ring is 1. The fourth-order valence-electron chi connectivity index (χ4n) is 0.738. The maximum absolute atomic E-state index is 12.5. The zero-order valence-corrected chi connectivity index (χ0v) is 8.13. The van der Waals surface area contributed by atoms with Crippen LogP contribution in [0.15, 0.2) is 12.3 Å². The maximum Gasteiger partial charge on any atom is 0.456 e. The third-order valence-corrected chi connectivity index (χ3v) is 1.58. The van der Waals surface area contributed by atoms with Gasteiger partial charge in [0.05, 0.1) is 0 Å². The summed E-state index contributed by atoms with van der Waals surface area (Å²) < 4.78 is 64.5. The standard InChI is InChI=1S/C7H7F5N4O/c8-6(9,7(10,11)12)3-17-4-1-2-14-5(15-4)16-13/h1-2H,3,13H2,(H,14,15,16). The van der Waals surface area contributed by atoms with E-state index in [1.54, 1.807) is 0 Å². The summed E-state index contributed by atoms with van der Waals surface area (Å²) in [4.78, 5) is 6.92. The Bertz CT molecular complexity index is 383. The lowest BCUT2D eigenvalue weighted by Crippen LogP contribution is -2.41. The second-order valence-corrected chi connectivity index (χ2v) is 2.85. The van der Waals surface area contributed by atoms with Crippen LogP contribution in [0.5, 0.6) is 5.88 Å². The van der Waals surface area contributed by atoms with E-state index in [0.29, 0.717) is 0 Å². The molecule has 0 aliphatic rings. The first kappa shape index (κ1) is 13.4. The molecule has 0 spiro atoms. The summed E-state index contributed by atoms with van der Waals surface area (Å²) in [5, 5.41) is 0. The second-order valence-electron chi connectivity index (χ2n) is 2.85. The smallest absolute Gasteiger partial charge is 0.456 e. The van der Waals surface area contributed by atoms with Gasteiger partial charge in [0.15, 0.2) is 6.61 Å². The van der Waals surface area contributed by atoms with Crippen LogP contribution < -0.4 is 16.0 Å². The molecule has 1 rings (SSSR count). The first-order chi connectivity index (χ1) is 7.76. The van der Waals surface area contributed by atoms with Crippen molar-refractivity contribution in [3.8, 4) is 5.88 Å². The molecule has 0 aliphatic carbocycles. The van der Waals surface area contributed by atoms with Gasteiger partial charge in [0.1, 0.15) is 0 Å². The van der Waals surface area contributed by atoms with Gasteiger partial charge in [-0.05, 0) is 0 Å². The highest BCUT2D eigenvalue weighted by molar-refractivity contribution is 5.25. The van der Waals surface area contributed by atoms with Gasteiger partial charge >= 0.3 is 12.1 Å². The Kier molecular flexibility index (Phi) is 3.66. The molecule has 5 nitrogen and oxygen atoms in total. The van der Waals surface area contributed by atoms with E-state index >= 15 is 0 Å². The number of nitrogens with zero attached hydrogens (tertiary/aromatic N) is 2. The van der Waals surface area contributed by atoms with E-state index in [4.69, 9.17) is 5.84 Å². The number of hydrazine groups is 1. The fourth-order valence-corrected chi connectivity index (χ4v) is 0.738. The number of ether oxygens (including phenoxy) is 1. The molecule has 0 atom stereocenters. The van der Waals surface area contributed by atoms with E-state index in [-0.39, 0.29) is 5.95 Å². The molecule has 0 amide bonds. The SMILES string of the molecule is NNc1nccc(OCC(F)(F)C(F)(F)F)n1. The number of hydrogen-bond acceptors (Lipinski definition) is 5. The summed E-state index contributed by atoms with van der Waals surface area (Å²) in [6.07, 6.45) is -4.59. The Balaban J connectivity index is 2.67. The van der Waals surface area contributed by atoms with Crippen molar-refractivity contribution >= 4 is 5.95 Å². The van der Waals surface area contributed by atoms with Crippen molar-refractivity contribution < 1.29 is 26.7 Å². The summed E-state index contributed by atoms with van der Waals surface area (Å²) in [6, 6.07) is 1.02. The Morgan fingerprint density at radius 2 is 1.94 bits per heavy atom. The minimum atomic E-state index is -5.67. The van der Waals surface area contributed by atoms with E-state index in [2.05, 4.69) is 14.7 Å². The summed E-state index contributed by atoms with van der Waals surface area (Å²) in [5.41, 5.74) is 1.98. The van der Waals surface area contributed by atoms with Crippen LogP contribution in [-0.2, 0) is 0 Å². The van der Waals surface area contributed by atoms with Crippen molar-refractivity contribution in [2.24, 2.45) is 5.84 Å². The van der Waals surface area contributed by atoms with Gasteiger partial charge in [-0.1, -0.05) is 0 Å². The van der Waals surface area contributed by atoms with Gasteiger partial charge in [-0.3, -0.25) is 5.43 Å². The molecule has 0 unspecified atom stereocenters. The van der Waals surface area contributed by atoms with Crippen molar-refractivity contribution in [3.05, 3.63) is 12.3 Å². The van der Waals surface area contributed by atoms with Crippen LogP contribution in [0.1, 0.15) is 0 Å². The summed E-state index contributed by atoms with van der Waals surface area (Å²) in [7, 11) is 0. The van der Waals surface area contributed by atoms with Crippen LogP contribution in [0.25, 0.3) is 0 Å². The zero-order chi connectivity index (χ0) is 13.1. The number of anilines is 1. The minimum absolute atomic E-state index is 0.169. The first-order valence-electron chi connectivity index (χ1n) is 4.13. The number of halogens is 5. The van der Waals surface area contributed by atoms with Crippen molar-refractivity contribution in [1.29, 1.82) is 0 Å². The van der Waals surface area contributed by atoms with Gasteiger partial charge in [0.2, 0.25) is 11.8 Å². The van der Waals surface area contributed by atoms with Crippen LogP contribution in [-0.4, -0.2) is 28.7 Å². The Morgan fingerprint density at radius 3 is 2.47 bits per heavy atom. The van der Waals surface area contributed by atoms with Crippen molar-refractivity contribution in [1.82, 2.24) is 9.97 Å². The van der Waals surface area contributed by atoms with Crippen molar-refractivity contribution in [3.63, 3.8) is 0 Å². The fraction of sp³-hybridized carbons (Fsp3) is 0.429. The molecular formula is C7H7F5N4O. The lowest BCUT2D eigenvalue weighted by atomic mass is 10.3. The topological polar surface area (TPSA) is 73.1 Å². The van der Waals surface area contributed by atoms with Gasteiger partial charge in [-0.15, -0.1) is 0 Å². The molecule has 96 valence electrons. The number of hydrogen-bond donors (Lipinski definition) is 2. The molecule has 1 heterocycles. The second kappa shape index (κ2) is 4.65. The molecule has 3 N–H and O–H groups in total. The average Bonchev–Trinajstić information content (AvgIpc) is 2.25. The monoisotopic (exact) mass is 258 g/mol. The largest absolute Gasteiger partial charge is 0.471 e. The predicted octanol–water partition coefficient (Wildman–Crippen LogP) is 1.34. The van der Waals surface area contributed by atoms with Gasteiger partial charge < -0.3 is 4.74 Å².